The number of nitrogens with zero attached hydrogens (tertiary/aromatic N) is 3. The highest BCUT2D eigenvalue weighted by atomic mass is 32.2. The van der Waals surface area contributed by atoms with E-state index in [2.05, 4.69) is 10.3 Å². The highest BCUT2D eigenvalue weighted by Crippen LogP contribution is 2.29. The number of sulfonamides is 1. The Hall–Kier alpha value is -1.16. The molecule has 9 heteroatoms. The molecular weight excluding hydrogens is 396 g/mol. The fourth-order valence-corrected chi connectivity index (χ4v) is 6.18. The van der Waals surface area contributed by atoms with Crippen molar-refractivity contribution in [3.63, 3.8) is 0 Å². The van der Waals surface area contributed by atoms with E-state index in [-0.39, 0.29) is 0 Å². The molecule has 1 N–H and O–H groups in total. The lowest BCUT2D eigenvalue weighted by atomic mass is 10.2. The van der Waals surface area contributed by atoms with Crippen LogP contribution in [0.25, 0.3) is 0 Å². The molecule has 0 spiro atoms. The average Bonchev–Trinajstić information content (AvgIpc) is 3.41. The van der Waals surface area contributed by atoms with Gasteiger partial charge in [0.15, 0.2) is 5.96 Å². The largest absolute Gasteiger partial charge is 0.379 e. The Bertz CT molecular complexity index is 753. The molecule has 1 saturated heterocycles. The van der Waals surface area contributed by atoms with Crippen molar-refractivity contribution in [2.45, 2.75) is 42.9 Å². The summed E-state index contributed by atoms with van der Waals surface area (Å²) in [6.07, 6.45) is 5.62. The Morgan fingerprint density at radius 2 is 2.07 bits per heavy atom. The minimum absolute atomic E-state index is 0.433. The van der Waals surface area contributed by atoms with Crippen molar-refractivity contribution in [3.05, 3.63) is 17.0 Å². The molecule has 2 aliphatic rings. The molecule has 0 bridgehead atoms. The number of ether oxygens (including phenoxy) is 1. The van der Waals surface area contributed by atoms with Crippen molar-refractivity contribution in [1.29, 1.82) is 0 Å². The van der Waals surface area contributed by atoms with E-state index in [1.807, 2.05) is 18.0 Å². The Balaban J connectivity index is 1.47. The van der Waals surface area contributed by atoms with E-state index >= 15 is 0 Å². The Kier molecular flexibility index (Phi) is 7.73. The molecular formula is C19H32N4O3S2. The normalized spacial score (nSPS) is 19.0. The van der Waals surface area contributed by atoms with E-state index in [9.17, 15) is 8.42 Å². The van der Waals surface area contributed by atoms with Crippen molar-refractivity contribution >= 4 is 27.3 Å². The van der Waals surface area contributed by atoms with Crippen LogP contribution in [0.2, 0.25) is 0 Å². The third kappa shape index (κ3) is 5.92. The highest BCUT2D eigenvalue weighted by molar-refractivity contribution is 7.91. The van der Waals surface area contributed by atoms with Gasteiger partial charge < -0.3 is 15.0 Å². The summed E-state index contributed by atoms with van der Waals surface area (Å²) in [5.41, 5.74) is 0. The second-order valence-electron chi connectivity index (χ2n) is 7.53. The number of nitrogens with one attached hydrogen (secondary N) is 1. The summed E-state index contributed by atoms with van der Waals surface area (Å²) in [6, 6.07) is 3.62. The summed E-state index contributed by atoms with van der Waals surface area (Å²) in [7, 11) is 0.385. The van der Waals surface area contributed by atoms with Gasteiger partial charge in [-0.25, -0.2) is 8.42 Å². The van der Waals surface area contributed by atoms with Crippen molar-refractivity contribution in [3.8, 4) is 0 Å². The van der Waals surface area contributed by atoms with Gasteiger partial charge in [0.1, 0.15) is 4.21 Å². The average molecular weight is 429 g/mol. The first-order chi connectivity index (χ1) is 13.5. The minimum atomic E-state index is -3.35. The van der Waals surface area contributed by atoms with Crippen LogP contribution in [0, 0.1) is 5.92 Å². The maximum absolute atomic E-state index is 12.8. The second kappa shape index (κ2) is 10.0. The summed E-state index contributed by atoms with van der Waals surface area (Å²) in [6.45, 7) is 4.14. The lowest BCUT2D eigenvalue weighted by molar-refractivity contribution is 0.115. The zero-order valence-corrected chi connectivity index (χ0v) is 18.5. The monoisotopic (exact) mass is 428 g/mol. The van der Waals surface area contributed by atoms with Gasteiger partial charge in [0.2, 0.25) is 0 Å². The Morgan fingerprint density at radius 1 is 1.32 bits per heavy atom. The number of likely N-dealkylation sites (N-methyl/N-ethyl adjacent to an activating group) is 1. The molecule has 0 radical (unpaired) electrons. The van der Waals surface area contributed by atoms with Crippen LogP contribution in [0.3, 0.4) is 0 Å². The van der Waals surface area contributed by atoms with Gasteiger partial charge in [-0.2, -0.15) is 4.31 Å². The molecule has 1 aliphatic carbocycles. The first kappa shape index (κ1) is 21.5. The Morgan fingerprint density at radius 3 is 2.75 bits per heavy atom. The quantitative estimate of drug-likeness (QED) is 0.371. The standard InChI is InChI=1S/C19H32N4O3S2/c1-20-19(22(2)12-13-26-15-16-6-7-16)21-14-17-8-9-18(27-17)28(24,25)23-10-4-3-5-11-23/h8-9,16H,3-7,10-15H2,1-2H3,(H,20,21). The summed E-state index contributed by atoms with van der Waals surface area (Å²) < 4.78 is 33.3. The minimum Gasteiger partial charge on any atom is -0.379 e. The number of hydrogen-bond acceptors (Lipinski definition) is 5. The van der Waals surface area contributed by atoms with Gasteiger partial charge in [-0.05, 0) is 43.7 Å². The van der Waals surface area contributed by atoms with Gasteiger partial charge in [-0.3, -0.25) is 4.99 Å². The molecule has 7 nitrogen and oxygen atoms in total. The molecule has 0 amide bonds. The van der Waals surface area contributed by atoms with Crippen molar-refractivity contribution < 1.29 is 13.2 Å². The van der Waals surface area contributed by atoms with Crippen LogP contribution in [-0.2, 0) is 21.3 Å². The summed E-state index contributed by atoms with van der Waals surface area (Å²) in [5.74, 6) is 1.56. The summed E-state index contributed by atoms with van der Waals surface area (Å²) >= 11 is 1.34. The van der Waals surface area contributed by atoms with Crippen LogP contribution in [0.4, 0.5) is 0 Å². The SMILES string of the molecule is CN=C(NCc1ccc(S(=O)(=O)N2CCCCC2)s1)N(C)CCOCC1CC1. The zero-order chi connectivity index (χ0) is 20.0. The Labute approximate surface area is 172 Å². The lowest BCUT2D eigenvalue weighted by Crippen LogP contribution is -2.40. The van der Waals surface area contributed by atoms with Crippen LogP contribution in [0.1, 0.15) is 37.0 Å². The highest BCUT2D eigenvalue weighted by Gasteiger charge is 2.27. The number of piperidine rings is 1. The molecule has 158 valence electrons. The zero-order valence-electron chi connectivity index (χ0n) is 16.9. The van der Waals surface area contributed by atoms with E-state index in [4.69, 9.17) is 4.74 Å². The predicted octanol–water partition coefficient (Wildman–Crippen LogP) is 2.36. The molecule has 1 aromatic heterocycles. The van der Waals surface area contributed by atoms with Crippen molar-refractivity contribution in [1.82, 2.24) is 14.5 Å². The third-order valence-corrected chi connectivity index (χ3v) is 8.61. The number of hydrogen-bond donors (Lipinski definition) is 1. The second-order valence-corrected chi connectivity index (χ2v) is 10.9. The van der Waals surface area contributed by atoms with E-state index in [1.165, 1.54) is 24.2 Å². The van der Waals surface area contributed by atoms with Gasteiger partial charge >= 0.3 is 0 Å². The van der Waals surface area contributed by atoms with Crippen LogP contribution in [0.5, 0.6) is 0 Å². The van der Waals surface area contributed by atoms with E-state index in [1.54, 1.807) is 17.4 Å². The fraction of sp³-hybridized carbons (Fsp3) is 0.737. The number of rotatable bonds is 9. The number of thiophene rings is 1. The molecule has 0 aromatic carbocycles. The van der Waals surface area contributed by atoms with E-state index in [0.29, 0.717) is 30.5 Å². The van der Waals surface area contributed by atoms with Crippen molar-refractivity contribution in [2.75, 3.05) is 46.9 Å². The molecule has 1 saturated carbocycles. The van der Waals surface area contributed by atoms with Gasteiger partial charge in [-0.1, -0.05) is 6.42 Å². The first-order valence-corrected chi connectivity index (χ1v) is 12.3. The fourth-order valence-electron chi connectivity index (χ4n) is 3.22. The maximum Gasteiger partial charge on any atom is 0.252 e. The first-order valence-electron chi connectivity index (χ1n) is 10.1. The van der Waals surface area contributed by atoms with Gasteiger partial charge in [0.05, 0.1) is 13.2 Å². The van der Waals surface area contributed by atoms with Crippen LogP contribution < -0.4 is 5.32 Å². The van der Waals surface area contributed by atoms with Crippen LogP contribution in [0.15, 0.2) is 21.3 Å². The molecule has 1 aromatic rings. The van der Waals surface area contributed by atoms with Crippen molar-refractivity contribution in [2.24, 2.45) is 10.9 Å². The van der Waals surface area contributed by atoms with Crippen LogP contribution >= 0.6 is 11.3 Å². The topological polar surface area (TPSA) is 74.2 Å². The number of aliphatic imine (C=N–C) groups is 1. The lowest BCUT2D eigenvalue weighted by Gasteiger charge is -2.25. The van der Waals surface area contributed by atoms with Crippen LogP contribution in [-0.4, -0.2) is 70.5 Å². The van der Waals surface area contributed by atoms with Gasteiger partial charge in [0, 0.05) is 45.2 Å². The summed E-state index contributed by atoms with van der Waals surface area (Å²) in [4.78, 5) is 7.33. The maximum atomic E-state index is 12.8. The summed E-state index contributed by atoms with van der Waals surface area (Å²) in [5, 5.41) is 3.31. The van der Waals surface area contributed by atoms with Gasteiger partial charge in [0.25, 0.3) is 10.0 Å². The molecule has 3 rings (SSSR count). The van der Waals surface area contributed by atoms with Gasteiger partial charge in [-0.15, -0.1) is 11.3 Å². The molecule has 1 aliphatic heterocycles. The molecule has 0 atom stereocenters. The third-order valence-electron chi connectivity index (χ3n) is 5.16. The molecule has 2 fully saturated rings. The smallest absolute Gasteiger partial charge is 0.252 e. The molecule has 2 heterocycles. The predicted molar refractivity (Wildman–Crippen MR) is 113 cm³/mol. The number of guanidine groups is 1. The molecule has 0 unspecified atom stereocenters. The van der Waals surface area contributed by atoms with E-state index < -0.39 is 10.0 Å². The van der Waals surface area contributed by atoms with E-state index in [0.717, 1.165) is 49.2 Å². The molecule has 28 heavy (non-hydrogen) atoms.